The highest BCUT2D eigenvalue weighted by molar-refractivity contribution is 14.1. The first-order chi connectivity index (χ1) is 12.1. The Bertz CT molecular complexity index is 558. The van der Waals surface area contributed by atoms with Crippen LogP contribution >= 0.6 is 22.6 Å². The molecule has 1 aliphatic heterocycles. The molecule has 0 aliphatic carbocycles. The summed E-state index contributed by atoms with van der Waals surface area (Å²) in [6.45, 7) is 2.63. The van der Waals surface area contributed by atoms with Gasteiger partial charge < -0.3 is 9.84 Å². The Balaban J connectivity index is 1.79. The predicted molar refractivity (Wildman–Crippen MR) is 110 cm³/mol. The van der Waals surface area contributed by atoms with Crippen LogP contribution in [-0.4, -0.2) is 24.3 Å². The number of ether oxygens (including phenoxy) is 1. The molecular formula is C21H31IO3. The Morgan fingerprint density at radius 1 is 1.16 bits per heavy atom. The lowest BCUT2D eigenvalue weighted by Gasteiger charge is -2.22. The number of esters is 1. The van der Waals surface area contributed by atoms with Crippen LogP contribution in [0.3, 0.4) is 0 Å². The van der Waals surface area contributed by atoms with Gasteiger partial charge in [0.1, 0.15) is 0 Å². The van der Waals surface area contributed by atoms with Gasteiger partial charge in [0.25, 0.3) is 0 Å². The molecule has 1 atom stereocenters. The number of halogens is 1. The molecule has 1 aromatic rings. The molecule has 1 unspecified atom stereocenters. The summed E-state index contributed by atoms with van der Waals surface area (Å²) in [5.74, 6) is -0.182. The van der Waals surface area contributed by atoms with Gasteiger partial charge in [0.05, 0.1) is 19.6 Å². The maximum absolute atomic E-state index is 11.4. The van der Waals surface area contributed by atoms with Gasteiger partial charge in [-0.05, 0) is 65.5 Å². The number of cyclic esters (lactones) is 1. The maximum Gasteiger partial charge on any atom is 0.306 e. The number of rotatable bonds is 11. The van der Waals surface area contributed by atoms with E-state index in [1.807, 2.05) is 0 Å². The molecule has 3 nitrogen and oxygen atoms in total. The molecule has 0 bridgehead atoms. The van der Waals surface area contributed by atoms with E-state index in [0.717, 1.165) is 19.3 Å². The van der Waals surface area contributed by atoms with Crippen LogP contribution < -0.4 is 0 Å². The molecule has 0 saturated carbocycles. The number of unbranched alkanes of at least 4 members (excludes halogenated alkanes) is 5. The minimum absolute atomic E-state index is 0.0198. The van der Waals surface area contributed by atoms with Gasteiger partial charge in [-0.25, -0.2) is 0 Å². The minimum Gasteiger partial charge on any atom is -0.465 e. The van der Waals surface area contributed by atoms with E-state index in [0.29, 0.717) is 13.0 Å². The fourth-order valence-corrected chi connectivity index (χ4v) is 4.29. The molecule has 4 heteroatoms. The molecular weight excluding hydrogens is 427 g/mol. The second-order valence-corrected chi connectivity index (χ2v) is 8.60. The minimum atomic E-state index is -0.375. The van der Waals surface area contributed by atoms with Gasteiger partial charge in [-0.2, -0.15) is 0 Å². The first-order valence-corrected chi connectivity index (χ1v) is 10.7. The third-order valence-electron chi connectivity index (χ3n) is 5.26. The molecule has 1 fully saturated rings. The second-order valence-electron chi connectivity index (χ2n) is 7.44. The Labute approximate surface area is 165 Å². The summed E-state index contributed by atoms with van der Waals surface area (Å²) in [6.07, 6.45) is 11.2. The Morgan fingerprint density at radius 2 is 1.92 bits per heavy atom. The SMILES string of the molecule is CCCCCCCCc1ccc(CCC2(CO)COC(=O)C2)cc1I. The second kappa shape index (κ2) is 10.5. The Kier molecular flexibility index (Phi) is 8.70. The molecule has 0 spiro atoms. The molecule has 0 radical (unpaired) electrons. The number of carbonyl (C=O) groups is 1. The van der Waals surface area contributed by atoms with Gasteiger partial charge in [-0.15, -0.1) is 0 Å². The first kappa shape index (κ1) is 20.7. The van der Waals surface area contributed by atoms with E-state index in [2.05, 4.69) is 47.7 Å². The van der Waals surface area contributed by atoms with Crippen LogP contribution in [0.4, 0.5) is 0 Å². The van der Waals surface area contributed by atoms with Crippen molar-refractivity contribution in [1.82, 2.24) is 0 Å². The standard InChI is InChI=1S/C21H31IO3/c1-2-3-4-5-6-7-8-18-10-9-17(13-19(18)22)11-12-21(15-23)14-20(24)25-16-21/h9-10,13,23H,2-8,11-12,14-16H2,1H3. The largest absolute Gasteiger partial charge is 0.465 e. The van der Waals surface area contributed by atoms with Crippen LogP contribution in [0.5, 0.6) is 0 Å². The number of aryl methyl sites for hydroxylation is 2. The normalized spacial score (nSPS) is 20.0. The number of aliphatic hydroxyl groups is 1. The summed E-state index contributed by atoms with van der Waals surface area (Å²) >= 11 is 2.44. The highest BCUT2D eigenvalue weighted by atomic mass is 127. The lowest BCUT2D eigenvalue weighted by molar-refractivity contribution is -0.137. The van der Waals surface area contributed by atoms with Crippen LogP contribution in [0.2, 0.25) is 0 Å². The van der Waals surface area contributed by atoms with Crippen LogP contribution in [0, 0.1) is 8.99 Å². The third kappa shape index (κ3) is 6.55. The quantitative estimate of drug-likeness (QED) is 0.287. The van der Waals surface area contributed by atoms with Crippen molar-refractivity contribution in [3.05, 3.63) is 32.9 Å². The van der Waals surface area contributed by atoms with Crippen LogP contribution in [0.15, 0.2) is 18.2 Å². The topological polar surface area (TPSA) is 46.5 Å². The van der Waals surface area contributed by atoms with Crippen LogP contribution in [-0.2, 0) is 22.4 Å². The molecule has 1 heterocycles. The van der Waals surface area contributed by atoms with Crippen LogP contribution in [0.1, 0.15) is 69.4 Å². The Morgan fingerprint density at radius 3 is 2.56 bits per heavy atom. The molecule has 1 saturated heterocycles. The molecule has 1 N–H and O–H groups in total. The number of carbonyl (C=O) groups excluding carboxylic acids is 1. The summed E-state index contributed by atoms with van der Waals surface area (Å²) in [6, 6.07) is 6.72. The van der Waals surface area contributed by atoms with Crippen molar-refractivity contribution in [2.75, 3.05) is 13.2 Å². The number of benzene rings is 1. The fraction of sp³-hybridized carbons (Fsp3) is 0.667. The number of hydrogen-bond donors (Lipinski definition) is 1. The first-order valence-electron chi connectivity index (χ1n) is 9.62. The van der Waals surface area contributed by atoms with Gasteiger partial charge >= 0.3 is 5.97 Å². The third-order valence-corrected chi connectivity index (χ3v) is 6.26. The molecule has 1 aliphatic rings. The van der Waals surface area contributed by atoms with Crippen molar-refractivity contribution < 1.29 is 14.6 Å². The monoisotopic (exact) mass is 458 g/mol. The lowest BCUT2D eigenvalue weighted by atomic mass is 9.82. The summed E-state index contributed by atoms with van der Waals surface area (Å²) in [5, 5.41) is 9.65. The molecule has 2 rings (SSSR count). The predicted octanol–water partition coefficient (Wildman–Crippen LogP) is 5.05. The lowest BCUT2D eigenvalue weighted by Crippen LogP contribution is -2.26. The van der Waals surface area contributed by atoms with Gasteiger partial charge in [0.15, 0.2) is 0 Å². The highest BCUT2D eigenvalue weighted by Gasteiger charge is 2.39. The van der Waals surface area contributed by atoms with Crippen molar-refractivity contribution in [2.45, 2.75) is 71.1 Å². The van der Waals surface area contributed by atoms with Crippen molar-refractivity contribution in [2.24, 2.45) is 5.41 Å². The number of hydrogen-bond acceptors (Lipinski definition) is 3. The molecule has 0 amide bonds. The summed E-state index contributed by atoms with van der Waals surface area (Å²) in [5.41, 5.74) is 2.35. The van der Waals surface area contributed by atoms with Gasteiger partial charge in [-0.3, -0.25) is 4.79 Å². The highest BCUT2D eigenvalue weighted by Crippen LogP contribution is 2.34. The maximum atomic E-state index is 11.4. The molecule has 0 aromatic heterocycles. The van der Waals surface area contributed by atoms with E-state index < -0.39 is 0 Å². The van der Waals surface area contributed by atoms with Crippen molar-refractivity contribution in [3.63, 3.8) is 0 Å². The van der Waals surface area contributed by atoms with Gasteiger partial charge in [0, 0.05) is 8.99 Å². The van der Waals surface area contributed by atoms with E-state index >= 15 is 0 Å². The van der Waals surface area contributed by atoms with Gasteiger partial charge in [-0.1, -0.05) is 51.2 Å². The molecule has 1 aromatic carbocycles. The van der Waals surface area contributed by atoms with Crippen LogP contribution in [0.25, 0.3) is 0 Å². The average molecular weight is 458 g/mol. The van der Waals surface area contributed by atoms with E-state index in [9.17, 15) is 9.90 Å². The smallest absolute Gasteiger partial charge is 0.306 e. The van der Waals surface area contributed by atoms with E-state index in [1.165, 1.54) is 53.2 Å². The fourth-order valence-electron chi connectivity index (χ4n) is 3.44. The summed E-state index contributed by atoms with van der Waals surface area (Å²) in [7, 11) is 0. The number of aliphatic hydroxyl groups excluding tert-OH is 1. The van der Waals surface area contributed by atoms with Crippen molar-refractivity contribution in [1.29, 1.82) is 0 Å². The summed E-state index contributed by atoms with van der Waals surface area (Å²) in [4.78, 5) is 11.4. The zero-order valence-electron chi connectivity index (χ0n) is 15.4. The Hall–Kier alpha value is -0.620. The van der Waals surface area contributed by atoms with Crippen molar-refractivity contribution >= 4 is 28.6 Å². The average Bonchev–Trinajstić information content (AvgIpc) is 2.99. The molecule has 140 valence electrons. The van der Waals surface area contributed by atoms with E-state index in [4.69, 9.17) is 4.74 Å². The summed E-state index contributed by atoms with van der Waals surface area (Å²) < 4.78 is 6.40. The molecule has 25 heavy (non-hydrogen) atoms. The zero-order chi connectivity index (χ0) is 18.1. The zero-order valence-corrected chi connectivity index (χ0v) is 17.5. The van der Waals surface area contributed by atoms with Gasteiger partial charge in [0.2, 0.25) is 0 Å². The van der Waals surface area contributed by atoms with E-state index in [-0.39, 0.29) is 18.0 Å². The van der Waals surface area contributed by atoms with E-state index in [1.54, 1.807) is 0 Å². The van der Waals surface area contributed by atoms with Crippen molar-refractivity contribution in [3.8, 4) is 0 Å².